The van der Waals surface area contributed by atoms with E-state index in [4.69, 9.17) is 4.74 Å². The minimum Gasteiger partial charge on any atom is -0.507 e. The predicted octanol–water partition coefficient (Wildman–Crippen LogP) is 4.70. The molecule has 1 heterocycles. The quantitative estimate of drug-likeness (QED) is 0.314. The Kier molecular flexibility index (Phi) is 6.40. The molecule has 0 spiro atoms. The number of benzene rings is 2. The Morgan fingerprint density at radius 2 is 1.93 bits per heavy atom. The molecule has 1 atom stereocenters. The van der Waals surface area contributed by atoms with Crippen molar-refractivity contribution in [2.45, 2.75) is 33.2 Å². The summed E-state index contributed by atoms with van der Waals surface area (Å²) in [7, 11) is 0. The number of likely N-dealkylation sites (tertiary alicyclic amines) is 1. The number of amides is 1. The number of hydrogen-bond donors (Lipinski definition) is 1. The van der Waals surface area contributed by atoms with Crippen molar-refractivity contribution in [3.05, 3.63) is 82.9 Å². The number of ketones is 1. The van der Waals surface area contributed by atoms with Crippen molar-refractivity contribution < 1.29 is 19.4 Å². The lowest BCUT2D eigenvalue weighted by Gasteiger charge is -2.25. The summed E-state index contributed by atoms with van der Waals surface area (Å²) in [5.74, 6) is -0.802. The minimum absolute atomic E-state index is 0.109. The van der Waals surface area contributed by atoms with E-state index in [1.165, 1.54) is 4.90 Å². The summed E-state index contributed by atoms with van der Waals surface area (Å²) >= 11 is 0. The van der Waals surface area contributed by atoms with Gasteiger partial charge in [-0.15, -0.1) is 0 Å². The molecule has 1 amide bonds. The summed E-state index contributed by atoms with van der Waals surface area (Å²) in [4.78, 5) is 27.3. The molecule has 0 aliphatic carbocycles. The number of rotatable bonds is 7. The Labute approximate surface area is 177 Å². The van der Waals surface area contributed by atoms with Crippen molar-refractivity contribution in [1.82, 2.24) is 4.90 Å². The standard InChI is InChI=1S/C25H27NO4/c1-5-12-26-22(18-8-7-9-20(15-18)30-13-6-2)21(24(28)25(26)29)23(27)19-11-10-16(3)17(4)14-19/h6-11,14-15,22,27H,2,5,12-13H2,1,3-4H3/b23-21-. The third kappa shape index (κ3) is 4.01. The molecule has 0 radical (unpaired) electrons. The maximum Gasteiger partial charge on any atom is 0.295 e. The molecule has 2 aromatic rings. The first-order valence-electron chi connectivity index (χ1n) is 10.1. The predicted molar refractivity (Wildman–Crippen MR) is 117 cm³/mol. The summed E-state index contributed by atoms with van der Waals surface area (Å²) < 4.78 is 5.63. The molecule has 1 saturated heterocycles. The summed E-state index contributed by atoms with van der Waals surface area (Å²) in [6.07, 6.45) is 2.34. The lowest BCUT2D eigenvalue weighted by molar-refractivity contribution is -0.139. The van der Waals surface area contributed by atoms with Gasteiger partial charge in [0.05, 0.1) is 11.6 Å². The first-order chi connectivity index (χ1) is 14.4. The second-order valence-corrected chi connectivity index (χ2v) is 7.46. The van der Waals surface area contributed by atoms with E-state index in [9.17, 15) is 14.7 Å². The zero-order chi connectivity index (χ0) is 21.8. The number of aliphatic hydroxyl groups excluding tert-OH is 1. The number of carbonyl (C=O) groups excluding carboxylic acids is 2. The van der Waals surface area contributed by atoms with Crippen LogP contribution in [0.1, 0.15) is 41.6 Å². The van der Waals surface area contributed by atoms with Gasteiger partial charge in [-0.25, -0.2) is 0 Å². The molecular weight excluding hydrogens is 378 g/mol. The summed E-state index contributed by atoms with van der Waals surface area (Å²) in [5, 5.41) is 11.1. The van der Waals surface area contributed by atoms with Gasteiger partial charge in [0.15, 0.2) is 0 Å². The van der Waals surface area contributed by atoms with Gasteiger partial charge >= 0.3 is 0 Å². The van der Waals surface area contributed by atoms with Crippen LogP contribution in [0.15, 0.2) is 60.7 Å². The molecule has 1 aliphatic heterocycles. The number of Topliss-reactive ketones (excluding diaryl/α,β-unsaturated/α-hetero) is 1. The van der Waals surface area contributed by atoms with Crippen molar-refractivity contribution in [3.8, 4) is 5.75 Å². The molecule has 1 aliphatic rings. The van der Waals surface area contributed by atoms with E-state index in [0.29, 0.717) is 30.9 Å². The monoisotopic (exact) mass is 405 g/mol. The van der Waals surface area contributed by atoms with Crippen molar-refractivity contribution in [2.75, 3.05) is 13.2 Å². The van der Waals surface area contributed by atoms with E-state index in [-0.39, 0.29) is 11.3 Å². The number of aliphatic hydroxyl groups is 1. The Balaban J connectivity index is 2.16. The van der Waals surface area contributed by atoms with E-state index < -0.39 is 17.7 Å². The molecule has 1 unspecified atom stereocenters. The highest BCUT2D eigenvalue weighted by Crippen LogP contribution is 2.40. The van der Waals surface area contributed by atoms with Crippen LogP contribution >= 0.6 is 0 Å². The van der Waals surface area contributed by atoms with Crippen LogP contribution in [0.25, 0.3) is 5.76 Å². The van der Waals surface area contributed by atoms with Crippen LogP contribution in [0.5, 0.6) is 5.75 Å². The normalized spacial score (nSPS) is 18.0. The van der Waals surface area contributed by atoms with Crippen LogP contribution in [-0.4, -0.2) is 34.8 Å². The van der Waals surface area contributed by atoms with Gasteiger partial charge in [-0.05, 0) is 55.2 Å². The Morgan fingerprint density at radius 3 is 2.60 bits per heavy atom. The van der Waals surface area contributed by atoms with Gasteiger partial charge in [0.1, 0.15) is 18.1 Å². The zero-order valence-electron chi connectivity index (χ0n) is 17.6. The second kappa shape index (κ2) is 8.99. The molecule has 2 aromatic carbocycles. The number of aryl methyl sites for hydroxylation is 2. The van der Waals surface area contributed by atoms with Crippen LogP contribution in [-0.2, 0) is 9.59 Å². The third-order valence-corrected chi connectivity index (χ3v) is 5.33. The molecule has 1 N–H and O–H groups in total. The van der Waals surface area contributed by atoms with E-state index >= 15 is 0 Å². The van der Waals surface area contributed by atoms with Gasteiger partial charge < -0.3 is 14.7 Å². The van der Waals surface area contributed by atoms with Gasteiger partial charge in [-0.3, -0.25) is 9.59 Å². The number of ether oxygens (including phenoxy) is 1. The van der Waals surface area contributed by atoms with Crippen LogP contribution in [0.2, 0.25) is 0 Å². The maximum absolute atomic E-state index is 12.9. The van der Waals surface area contributed by atoms with Crippen molar-refractivity contribution >= 4 is 17.4 Å². The molecule has 5 heteroatoms. The van der Waals surface area contributed by atoms with E-state index in [1.54, 1.807) is 18.2 Å². The first kappa shape index (κ1) is 21.4. The second-order valence-electron chi connectivity index (χ2n) is 7.46. The van der Waals surface area contributed by atoms with Crippen molar-refractivity contribution in [3.63, 3.8) is 0 Å². The molecule has 156 valence electrons. The van der Waals surface area contributed by atoms with Gasteiger partial charge in [0.25, 0.3) is 11.7 Å². The van der Waals surface area contributed by atoms with Crippen LogP contribution < -0.4 is 4.74 Å². The Hall–Kier alpha value is -3.34. The fraction of sp³-hybridized carbons (Fsp3) is 0.280. The number of hydrogen-bond acceptors (Lipinski definition) is 4. The molecule has 0 aromatic heterocycles. The minimum atomic E-state index is -0.668. The summed E-state index contributed by atoms with van der Waals surface area (Å²) in [5.41, 5.74) is 3.43. The highest BCUT2D eigenvalue weighted by Gasteiger charge is 2.45. The largest absolute Gasteiger partial charge is 0.507 e. The van der Waals surface area contributed by atoms with Crippen LogP contribution in [0, 0.1) is 13.8 Å². The smallest absolute Gasteiger partial charge is 0.295 e. The maximum atomic E-state index is 12.9. The number of nitrogens with zero attached hydrogens (tertiary/aromatic N) is 1. The lowest BCUT2D eigenvalue weighted by atomic mass is 9.94. The first-order valence-corrected chi connectivity index (χ1v) is 10.1. The Morgan fingerprint density at radius 1 is 1.17 bits per heavy atom. The highest BCUT2D eigenvalue weighted by atomic mass is 16.5. The molecule has 0 saturated carbocycles. The topological polar surface area (TPSA) is 66.8 Å². The highest BCUT2D eigenvalue weighted by molar-refractivity contribution is 6.46. The van der Waals surface area contributed by atoms with Gasteiger partial charge in [-0.2, -0.15) is 0 Å². The fourth-order valence-electron chi connectivity index (χ4n) is 3.67. The summed E-state index contributed by atoms with van der Waals surface area (Å²) in [6.45, 7) is 10.3. The average molecular weight is 405 g/mol. The van der Waals surface area contributed by atoms with E-state index in [1.807, 2.05) is 51.1 Å². The number of carbonyl (C=O) groups is 2. The van der Waals surface area contributed by atoms with Gasteiger partial charge in [0.2, 0.25) is 0 Å². The van der Waals surface area contributed by atoms with Crippen molar-refractivity contribution in [1.29, 1.82) is 0 Å². The molecule has 0 bridgehead atoms. The van der Waals surface area contributed by atoms with E-state index in [2.05, 4.69) is 6.58 Å². The van der Waals surface area contributed by atoms with Crippen molar-refractivity contribution in [2.24, 2.45) is 0 Å². The van der Waals surface area contributed by atoms with Crippen LogP contribution in [0.4, 0.5) is 0 Å². The molecule has 3 rings (SSSR count). The Bertz CT molecular complexity index is 1020. The van der Waals surface area contributed by atoms with Gasteiger partial charge in [0, 0.05) is 12.1 Å². The van der Waals surface area contributed by atoms with Gasteiger partial charge in [-0.1, -0.05) is 43.8 Å². The molecular formula is C25H27NO4. The average Bonchev–Trinajstić information content (AvgIpc) is 2.99. The van der Waals surface area contributed by atoms with E-state index in [0.717, 1.165) is 16.7 Å². The third-order valence-electron chi connectivity index (χ3n) is 5.33. The SMILES string of the molecule is C=CCOc1cccc(C2/C(=C(/O)c3ccc(C)c(C)c3)C(=O)C(=O)N2CCC)c1. The van der Waals surface area contributed by atoms with Crippen LogP contribution in [0.3, 0.4) is 0 Å². The summed E-state index contributed by atoms with van der Waals surface area (Å²) in [6, 6.07) is 12.1. The molecule has 30 heavy (non-hydrogen) atoms. The fourth-order valence-corrected chi connectivity index (χ4v) is 3.67. The molecule has 5 nitrogen and oxygen atoms in total. The zero-order valence-corrected chi connectivity index (χ0v) is 17.6. The molecule has 1 fully saturated rings. The lowest BCUT2D eigenvalue weighted by Crippen LogP contribution is -2.30.